The van der Waals surface area contributed by atoms with E-state index in [0.717, 1.165) is 12.1 Å². The van der Waals surface area contributed by atoms with E-state index >= 15 is 0 Å². The van der Waals surface area contributed by atoms with Crippen LogP contribution in [-0.2, 0) is 12.6 Å². The van der Waals surface area contributed by atoms with E-state index < -0.39 is 29.9 Å². The molecule has 0 radical (unpaired) electrons. The van der Waals surface area contributed by atoms with Crippen molar-refractivity contribution in [3.63, 3.8) is 0 Å². The van der Waals surface area contributed by atoms with Gasteiger partial charge in [-0.15, -0.1) is 11.3 Å². The smallest absolute Gasteiger partial charge is 0.325 e. The molecule has 1 nitrogen and oxygen atoms in total. The minimum absolute atomic E-state index is 0.0159. The Hall–Kier alpha value is -0.690. The van der Waals surface area contributed by atoms with E-state index in [9.17, 15) is 22.0 Å². The summed E-state index contributed by atoms with van der Waals surface area (Å²) in [7, 11) is 0. The van der Waals surface area contributed by atoms with E-state index in [1.807, 2.05) is 0 Å². The summed E-state index contributed by atoms with van der Waals surface area (Å²) < 4.78 is 61.8. The molecule has 0 saturated carbocycles. The van der Waals surface area contributed by atoms with Crippen LogP contribution >= 0.6 is 11.3 Å². The van der Waals surface area contributed by atoms with Crippen LogP contribution in [0.25, 0.3) is 0 Å². The van der Waals surface area contributed by atoms with Crippen molar-refractivity contribution in [1.29, 1.82) is 0 Å². The normalized spacial score (nSPS) is 13.2. The van der Waals surface area contributed by atoms with Gasteiger partial charge in [0, 0.05) is 11.3 Å². The van der Waals surface area contributed by atoms with E-state index in [2.05, 4.69) is 0 Å². The van der Waals surface area contributed by atoms with Crippen LogP contribution in [0, 0.1) is 0 Å². The molecule has 0 amide bonds. The molecule has 7 heteroatoms. The Labute approximate surface area is 86.7 Å². The Kier molecular flexibility index (Phi) is 3.34. The lowest BCUT2D eigenvalue weighted by Gasteiger charge is -2.11. The van der Waals surface area contributed by atoms with Gasteiger partial charge in [-0.25, -0.2) is 8.78 Å². The molecular formula is C8H8F5NS. The van der Waals surface area contributed by atoms with Crippen molar-refractivity contribution < 1.29 is 22.0 Å². The van der Waals surface area contributed by atoms with E-state index in [4.69, 9.17) is 5.73 Å². The fourth-order valence-electron chi connectivity index (χ4n) is 0.952. The summed E-state index contributed by atoms with van der Waals surface area (Å²) in [5.74, 6) is -3.15. The summed E-state index contributed by atoms with van der Waals surface area (Å²) in [4.78, 5) is -0.886. The molecule has 1 aromatic heterocycles. The fraction of sp³-hybridized carbons (Fsp3) is 0.500. The molecule has 1 aromatic rings. The van der Waals surface area contributed by atoms with Crippen LogP contribution in [0.3, 0.4) is 0 Å². The van der Waals surface area contributed by atoms with Gasteiger partial charge in [0.05, 0.1) is 6.54 Å². The molecule has 0 aliphatic rings. The number of halogens is 5. The Morgan fingerprint density at radius 2 is 1.73 bits per heavy atom. The third kappa shape index (κ3) is 3.42. The van der Waals surface area contributed by atoms with E-state index in [1.54, 1.807) is 0 Å². The molecule has 0 aliphatic carbocycles. The molecule has 0 bridgehead atoms. The highest BCUT2D eigenvalue weighted by molar-refractivity contribution is 7.12. The summed E-state index contributed by atoms with van der Waals surface area (Å²) in [6.45, 7) is -0.869. The van der Waals surface area contributed by atoms with E-state index in [1.165, 1.54) is 0 Å². The largest absolute Gasteiger partial charge is 0.425 e. The molecule has 1 rings (SSSR count). The highest BCUT2D eigenvalue weighted by Crippen LogP contribution is 2.36. The number of thiophene rings is 1. The predicted molar refractivity (Wildman–Crippen MR) is 47.0 cm³/mol. The Balaban J connectivity index is 2.78. The molecule has 86 valence electrons. The summed E-state index contributed by atoms with van der Waals surface area (Å²) in [6.07, 6.45) is -5.22. The maximum atomic E-state index is 12.7. The molecule has 15 heavy (non-hydrogen) atoms. The van der Waals surface area contributed by atoms with Gasteiger partial charge in [-0.3, -0.25) is 0 Å². The van der Waals surface area contributed by atoms with Crippen molar-refractivity contribution in [3.8, 4) is 0 Å². The first-order chi connectivity index (χ1) is 6.74. The molecule has 0 atom stereocenters. The fourth-order valence-corrected chi connectivity index (χ4v) is 1.91. The van der Waals surface area contributed by atoms with Crippen LogP contribution < -0.4 is 5.73 Å². The van der Waals surface area contributed by atoms with Crippen molar-refractivity contribution >= 4 is 11.3 Å². The van der Waals surface area contributed by atoms with Gasteiger partial charge in [-0.2, -0.15) is 13.2 Å². The zero-order valence-corrected chi connectivity index (χ0v) is 8.26. The molecule has 0 fully saturated rings. The Morgan fingerprint density at radius 3 is 2.13 bits per heavy atom. The molecule has 1 heterocycles. The SMILES string of the molecule is NCC(F)(F)Cc1ccc(C(F)(F)F)s1. The molecule has 0 aliphatic heterocycles. The Morgan fingerprint density at radius 1 is 1.13 bits per heavy atom. The van der Waals surface area contributed by atoms with Gasteiger partial charge in [0.25, 0.3) is 5.92 Å². The van der Waals surface area contributed by atoms with E-state index in [0.29, 0.717) is 11.3 Å². The zero-order chi connectivity index (χ0) is 11.7. The number of nitrogens with two attached hydrogens (primary N) is 1. The molecule has 0 saturated heterocycles. The zero-order valence-electron chi connectivity index (χ0n) is 7.44. The van der Waals surface area contributed by atoms with Crippen LogP contribution in [0.5, 0.6) is 0 Å². The minimum atomic E-state index is -4.47. The first kappa shape index (κ1) is 12.4. The highest BCUT2D eigenvalue weighted by atomic mass is 32.1. The van der Waals surface area contributed by atoms with Crippen molar-refractivity contribution in [2.75, 3.05) is 6.54 Å². The number of alkyl halides is 5. The second-order valence-electron chi connectivity index (χ2n) is 3.00. The third-order valence-corrected chi connectivity index (χ3v) is 2.80. The van der Waals surface area contributed by atoms with Crippen LogP contribution in [-0.4, -0.2) is 12.5 Å². The van der Waals surface area contributed by atoms with Crippen molar-refractivity contribution in [2.45, 2.75) is 18.5 Å². The van der Waals surface area contributed by atoms with Gasteiger partial charge >= 0.3 is 6.18 Å². The average Bonchev–Trinajstić information content (AvgIpc) is 2.51. The van der Waals surface area contributed by atoms with Crippen LogP contribution in [0.4, 0.5) is 22.0 Å². The minimum Gasteiger partial charge on any atom is -0.325 e. The van der Waals surface area contributed by atoms with Gasteiger partial charge < -0.3 is 5.73 Å². The summed E-state index contributed by atoms with van der Waals surface area (Å²) in [6, 6.07) is 1.85. The summed E-state index contributed by atoms with van der Waals surface area (Å²) >= 11 is 0.322. The maximum Gasteiger partial charge on any atom is 0.425 e. The first-order valence-electron chi connectivity index (χ1n) is 3.98. The van der Waals surface area contributed by atoms with Crippen molar-refractivity contribution in [1.82, 2.24) is 0 Å². The number of hydrogen-bond donors (Lipinski definition) is 1. The third-order valence-electron chi connectivity index (χ3n) is 1.67. The van der Waals surface area contributed by atoms with Gasteiger partial charge in [-0.05, 0) is 12.1 Å². The molecule has 2 N–H and O–H groups in total. The Bertz CT molecular complexity index is 330. The van der Waals surface area contributed by atoms with Crippen molar-refractivity contribution in [2.24, 2.45) is 5.73 Å². The van der Waals surface area contributed by atoms with Crippen molar-refractivity contribution in [3.05, 3.63) is 21.9 Å². The lowest BCUT2D eigenvalue weighted by atomic mass is 10.2. The second kappa shape index (κ2) is 4.05. The molecule has 0 unspecified atom stereocenters. The average molecular weight is 245 g/mol. The van der Waals surface area contributed by atoms with Gasteiger partial charge in [-0.1, -0.05) is 0 Å². The molecular weight excluding hydrogens is 237 g/mol. The second-order valence-corrected chi connectivity index (χ2v) is 4.17. The van der Waals surface area contributed by atoms with Crippen LogP contribution in [0.2, 0.25) is 0 Å². The summed E-state index contributed by atoms with van der Waals surface area (Å²) in [5.41, 5.74) is 4.78. The standard InChI is InChI=1S/C8H8F5NS/c9-7(10,4-14)3-5-1-2-6(15-5)8(11,12)13/h1-2H,3-4,14H2. The molecule has 0 aromatic carbocycles. The predicted octanol–water partition coefficient (Wildman–Crippen LogP) is 2.90. The highest BCUT2D eigenvalue weighted by Gasteiger charge is 2.34. The van der Waals surface area contributed by atoms with Gasteiger partial charge in [0.2, 0.25) is 0 Å². The lowest BCUT2D eigenvalue weighted by Crippen LogP contribution is -2.29. The monoisotopic (exact) mass is 245 g/mol. The number of hydrogen-bond acceptors (Lipinski definition) is 2. The maximum absolute atomic E-state index is 12.7. The quantitative estimate of drug-likeness (QED) is 0.814. The number of rotatable bonds is 3. The van der Waals surface area contributed by atoms with Gasteiger partial charge in [0.15, 0.2) is 0 Å². The van der Waals surface area contributed by atoms with Gasteiger partial charge in [0.1, 0.15) is 4.88 Å². The van der Waals surface area contributed by atoms with E-state index in [-0.39, 0.29) is 4.88 Å². The van der Waals surface area contributed by atoms with Crippen LogP contribution in [0.15, 0.2) is 12.1 Å². The lowest BCUT2D eigenvalue weighted by molar-refractivity contribution is -0.134. The van der Waals surface area contributed by atoms with Crippen LogP contribution in [0.1, 0.15) is 9.75 Å². The first-order valence-corrected chi connectivity index (χ1v) is 4.80. The summed E-state index contributed by atoms with van der Waals surface area (Å²) in [5, 5.41) is 0. The topological polar surface area (TPSA) is 26.0 Å². The molecule has 0 spiro atoms.